The molecule has 0 saturated carbocycles. The summed E-state index contributed by atoms with van der Waals surface area (Å²) in [6.07, 6.45) is 0.887. The van der Waals surface area contributed by atoms with E-state index in [1.807, 2.05) is 0 Å². The zero-order chi connectivity index (χ0) is 19.9. The number of carbonyl (C=O) groups excluding carboxylic acids is 2. The molecule has 2 heterocycles. The van der Waals surface area contributed by atoms with E-state index in [-0.39, 0.29) is 17.2 Å². The fraction of sp³-hybridized carbons (Fsp3) is 0.300. The molecule has 1 saturated heterocycles. The number of methoxy groups -OCH3 is 1. The highest BCUT2D eigenvalue weighted by Crippen LogP contribution is 2.33. The number of likely N-dealkylation sites (tertiary alicyclic amines) is 1. The summed E-state index contributed by atoms with van der Waals surface area (Å²) in [4.78, 5) is 26.8. The third-order valence-electron chi connectivity index (χ3n) is 5.27. The molecule has 0 unspecified atom stereocenters. The average Bonchev–Trinajstić information content (AvgIpc) is 2.70. The first-order chi connectivity index (χ1) is 13.4. The number of piperidine rings is 1. The van der Waals surface area contributed by atoms with E-state index in [4.69, 9.17) is 4.74 Å². The molecule has 0 aliphatic carbocycles. The summed E-state index contributed by atoms with van der Waals surface area (Å²) >= 11 is 0. The molecule has 8 heteroatoms. The van der Waals surface area contributed by atoms with Crippen LogP contribution < -0.4 is 15.4 Å². The molecular weight excluding hydrogens is 368 g/mol. The first-order valence-electron chi connectivity index (χ1n) is 8.94. The number of fused-ring (bicyclic) bond motifs is 1. The van der Waals surface area contributed by atoms with Crippen molar-refractivity contribution >= 4 is 17.5 Å². The van der Waals surface area contributed by atoms with Gasteiger partial charge in [-0.3, -0.25) is 9.59 Å². The molecule has 1 spiro atoms. The van der Waals surface area contributed by atoms with Gasteiger partial charge >= 0.3 is 0 Å². The van der Waals surface area contributed by atoms with Gasteiger partial charge in [0.1, 0.15) is 11.4 Å². The maximum atomic E-state index is 13.6. The van der Waals surface area contributed by atoms with Crippen LogP contribution in [0.3, 0.4) is 0 Å². The van der Waals surface area contributed by atoms with Crippen molar-refractivity contribution in [3.63, 3.8) is 0 Å². The Balaban J connectivity index is 1.48. The van der Waals surface area contributed by atoms with Gasteiger partial charge in [-0.25, -0.2) is 8.78 Å². The third kappa shape index (κ3) is 3.15. The molecule has 0 radical (unpaired) electrons. The van der Waals surface area contributed by atoms with Crippen molar-refractivity contribution in [2.75, 3.05) is 25.5 Å². The molecule has 0 aromatic heterocycles. The minimum atomic E-state index is -1.06. The second-order valence-corrected chi connectivity index (χ2v) is 6.99. The van der Waals surface area contributed by atoms with Crippen LogP contribution in [0.4, 0.5) is 14.5 Å². The fourth-order valence-corrected chi connectivity index (χ4v) is 3.67. The van der Waals surface area contributed by atoms with Crippen molar-refractivity contribution in [3.05, 3.63) is 59.2 Å². The van der Waals surface area contributed by atoms with Crippen LogP contribution in [0.1, 0.15) is 33.6 Å². The maximum Gasteiger partial charge on any atom is 0.255 e. The van der Waals surface area contributed by atoms with Crippen LogP contribution in [0.25, 0.3) is 0 Å². The van der Waals surface area contributed by atoms with Gasteiger partial charge in [-0.15, -0.1) is 0 Å². The van der Waals surface area contributed by atoms with Gasteiger partial charge in [0.25, 0.3) is 11.8 Å². The number of rotatable bonds is 2. The zero-order valence-electron chi connectivity index (χ0n) is 15.2. The molecule has 4 rings (SSSR count). The highest BCUT2D eigenvalue weighted by atomic mass is 19.2. The van der Waals surface area contributed by atoms with E-state index in [0.717, 1.165) is 12.1 Å². The van der Waals surface area contributed by atoms with Crippen molar-refractivity contribution in [1.29, 1.82) is 0 Å². The second-order valence-electron chi connectivity index (χ2n) is 6.99. The van der Waals surface area contributed by atoms with Crippen molar-refractivity contribution < 1.29 is 23.1 Å². The number of benzene rings is 2. The number of halogens is 2. The Kier molecular flexibility index (Phi) is 4.41. The van der Waals surface area contributed by atoms with E-state index in [2.05, 4.69) is 10.6 Å². The van der Waals surface area contributed by atoms with Crippen LogP contribution in [0, 0.1) is 11.6 Å². The largest absolute Gasteiger partial charge is 0.497 e. The van der Waals surface area contributed by atoms with Crippen molar-refractivity contribution in [1.82, 2.24) is 10.2 Å². The summed E-state index contributed by atoms with van der Waals surface area (Å²) < 4.78 is 32.1. The Morgan fingerprint density at radius 2 is 1.71 bits per heavy atom. The number of hydrogen-bond acceptors (Lipinski definition) is 4. The summed E-state index contributed by atoms with van der Waals surface area (Å²) in [5, 5.41) is 5.99. The summed E-state index contributed by atoms with van der Waals surface area (Å²) in [6.45, 7) is 0.828. The van der Waals surface area contributed by atoms with E-state index in [1.165, 1.54) is 0 Å². The standard InChI is InChI=1S/C20H19F2N3O3/c1-28-13-4-2-12(3-5-13)19(27)25-8-6-20(7-9-25)23-17-11-16(22)15(21)10-14(17)18(26)24-20/h2-5,10-11,23H,6-9H2,1H3,(H,24,26). The third-order valence-corrected chi connectivity index (χ3v) is 5.27. The summed E-state index contributed by atoms with van der Waals surface area (Å²) in [7, 11) is 1.56. The molecule has 2 amide bonds. The van der Waals surface area contributed by atoms with E-state index in [1.54, 1.807) is 36.3 Å². The fourth-order valence-electron chi connectivity index (χ4n) is 3.67. The minimum absolute atomic E-state index is 0.0706. The summed E-state index contributed by atoms with van der Waals surface area (Å²) in [6, 6.07) is 8.76. The molecule has 2 aliphatic rings. The lowest BCUT2D eigenvalue weighted by Crippen LogP contribution is -2.62. The predicted octanol–water partition coefficient (Wildman–Crippen LogP) is 2.76. The van der Waals surface area contributed by atoms with Gasteiger partial charge in [0.15, 0.2) is 11.6 Å². The van der Waals surface area contributed by atoms with Crippen molar-refractivity contribution in [3.8, 4) is 5.75 Å². The molecule has 2 aromatic rings. The topological polar surface area (TPSA) is 70.7 Å². The predicted molar refractivity (Wildman–Crippen MR) is 98.3 cm³/mol. The first-order valence-corrected chi connectivity index (χ1v) is 8.94. The SMILES string of the molecule is COc1ccc(C(=O)N2CCC3(CC2)NC(=O)c2cc(F)c(F)cc2N3)cc1. The molecule has 146 valence electrons. The molecule has 1 fully saturated rings. The Hall–Kier alpha value is -3.16. The summed E-state index contributed by atoms with van der Waals surface area (Å²) in [5.74, 6) is -1.96. The van der Waals surface area contributed by atoms with Crippen LogP contribution in [-0.2, 0) is 0 Å². The highest BCUT2D eigenvalue weighted by molar-refractivity contribution is 6.02. The van der Waals surface area contributed by atoms with Crippen LogP contribution in [0.15, 0.2) is 36.4 Å². The monoisotopic (exact) mass is 387 g/mol. The average molecular weight is 387 g/mol. The first kappa shape index (κ1) is 18.2. The lowest BCUT2D eigenvalue weighted by molar-refractivity contribution is 0.0639. The quantitative estimate of drug-likeness (QED) is 0.831. The smallest absolute Gasteiger partial charge is 0.255 e. The number of ether oxygens (including phenoxy) is 1. The van der Waals surface area contributed by atoms with Crippen LogP contribution >= 0.6 is 0 Å². The molecule has 0 atom stereocenters. The maximum absolute atomic E-state index is 13.6. The number of nitrogens with zero attached hydrogens (tertiary/aromatic N) is 1. The minimum Gasteiger partial charge on any atom is -0.497 e. The van der Waals surface area contributed by atoms with E-state index < -0.39 is 23.2 Å². The number of carbonyl (C=O) groups is 2. The van der Waals surface area contributed by atoms with Gasteiger partial charge in [0, 0.05) is 37.6 Å². The Morgan fingerprint density at radius 1 is 1.07 bits per heavy atom. The Bertz CT molecular complexity index is 938. The van der Waals surface area contributed by atoms with E-state index in [9.17, 15) is 18.4 Å². The Morgan fingerprint density at radius 3 is 2.36 bits per heavy atom. The van der Waals surface area contributed by atoms with Gasteiger partial charge in [0.05, 0.1) is 18.4 Å². The highest BCUT2D eigenvalue weighted by Gasteiger charge is 2.41. The number of nitrogens with one attached hydrogen (secondary N) is 2. The van der Waals surface area contributed by atoms with Crippen molar-refractivity contribution in [2.45, 2.75) is 18.5 Å². The lowest BCUT2D eigenvalue weighted by atomic mass is 9.92. The molecule has 6 nitrogen and oxygen atoms in total. The number of hydrogen-bond donors (Lipinski definition) is 2. The molecule has 28 heavy (non-hydrogen) atoms. The van der Waals surface area contributed by atoms with Crippen LogP contribution in [0.2, 0.25) is 0 Å². The van der Waals surface area contributed by atoms with Gasteiger partial charge in [-0.05, 0) is 30.3 Å². The van der Waals surface area contributed by atoms with Gasteiger partial charge < -0.3 is 20.3 Å². The lowest BCUT2D eigenvalue weighted by Gasteiger charge is -2.45. The number of anilines is 1. The summed E-state index contributed by atoms with van der Waals surface area (Å²) in [5.41, 5.74) is 0.101. The Labute approximate surface area is 160 Å². The van der Waals surface area contributed by atoms with Crippen LogP contribution in [-0.4, -0.2) is 42.6 Å². The van der Waals surface area contributed by atoms with E-state index in [0.29, 0.717) is 37.2 Å². The second kappa shape index (κ2) is 6.78. The number of amides is 2. The molecule has 2 aliphatic heterocycles. The normalized spacial score (nSPS) is 17.5. The van der Waals surface area contributed by atoms with Gasteiger partial charge in [0.2, 0.25) is 0 Å². The van der Waals surface area contributed by atoms with Gasteiger partial charge in [-0.2, -0.15) is 0 Å². The molecule has 0 bridgehead atoms. The molecule has 2 N–H and O–H groups in total. The van der Waals surface area contributed by atoms with Gasteiger partial charge in [-0.1, -0.05) is 0 Å². The van der Waals surface area contributed by atoms with Crippen molar-refractivity contribution in [2.24, 2.45) is 0 Å². The zero-order valence-corrected chi connectivity index (χ0v) is 15.2. The molecule has 2 aromatic carbocycles. The van der Waals surface area contributed by atoms with E-state index >= 15 is 0 Å². The molecular formula is C20H19F2N3O3. The van der Waals surface area contributed by atoms with Crippen LogP contribution in [0.5, 0.6) is 5.75 Å².